The van der Waals surface area contributed by atoms with Crippen LogP contribution in [0.3, 0.4) is 0 Å². The van der Waals surface area contributed by atoms with Crippen LogP contribution < -0.4 is 0 Å². The van der Waals surface area contributed by atoms with Crippen LogP contribution in [-0.4, -0.2) is 14.9 Å². The molecule has 0 saturated heterocycles. The molecule has 0 bridgehead atoms. The molecule has 0 spiro atoms. The number of nitrogens with zero attached hydrogens (tertiary/aromatic N) is 3. The monoisotopic (exact) mass is 345 g/mol. The Kier molecular flexibility index (Phi) is 4.18. The van der Waals surface area contributed by atoms with E-state index in [4.69, 9.17) is 0 Å². The molecule has 0 radical (unpaired) electrons. The van der Waals surface area contributed by atoms with Crippen molar-refractivity contribution in [2.24, 2.45) is 0 Å². The molecule has 2 aromatic carbocycles. The van der Waals surface area contributed by atoms with Gasteiger partial charge in [-0.3, -0.25) is 10.1 Å². The van der Waals surface area contributed by atoms with Crippen molar-refractivity contribution in [3.05, 3.63) is 76.5 Å². The average Bonchev–Trinajstić information content (AvgIpc) is 2.61. The largest absolute Gasteiger partial charge is 0.433 e. The molecule has 1 aromatic heterocycles. The van der Waals surface area contributed by atoms with Gasteiger partial charge < -0.3 is 0 Å². The second-order valence-corrected chi connectivity index (χ2v) is 5.13. The van der Waals surface area contributed by atoms with Crippen molar-refractivity contribution < 1.29 is 18.1 Å². The summed E-state index contributed by atoms with van der Waals surface area (Å²) in [5.41, 5.74) is -0.421. The molecule has 0 atom stereocenters. The lowest BCUT2D eigenvalue weighted by Gasteiger charge is -2.11. The highest BCUT2D eigenvalue weighted by molar-refractivity contribution is 5.65. The molecular weight excluding hydrogens is 335 g/mol. The first-order valence-corrected chi connectivity index (χ1v) is 7.11. The van der Waals surface area contributed by atoms with E-state index in [0.29, 0.717) is 11.1 Å². The zero-order valence-electron chi connectivity index (χ0n) is 12.6. The number of rotatable bonds is 3. The van der Waals surface area contributed by atoms with Crippen molar-refractivity contribution in [1.82, 2.24) is 9.97 Å². The summed E-state index contributed by atoms with van der Waals surface area (Å²) in [6.45, 7) is 0. The number of non-ortho nitro benzene ring substituents is 1. The lowest BCUT2D eigenvalue weighted by atomic mass is 10.1. The zero-order chi connectivity index (χ0) is 18.0. The SMILES string of the molecule is O=[N+]([O-])c1ccc(-c2cc(C(F)(F)F)nc(-c3ccccc3)n2)cc1. The highest BCUT2D eigenvalue weighted by atomic mass is 19.4. The van der Waals surface area contributed by atoms with Crippen LogP contribution in [0.4, 0.5) is 18.9 Å². The van der Waals surface area contributed by atoms with Gasteiger partial charge in [-0.15, -0.1) is 0 Å². The number of hydrogen-bond donors (Lipinski definition) is 0. The average molecular weight is 345 g/mol. The summed E-state index contributed by atoms with van der Waals surface area (Å²) >= 11 is 0. The summed E-state index contributed by atoms with van der Waals surface area (Å²) in [6.07, 6.45) is -4.64. The zero-order valence-corrected chi connectivity index (χ0v) is 12.6. The van der Waals surface area contributed by atoms with Crippen LogP contribution in [0, 0.1) is 10.1 Å². The molecule has 0 saturated carbocycles. The van der Waals surface area contributed by atoms with Crippen molar-refractivity contribution in [3.63, 3.8) is 0 Å². The number of halogens is 3. The maximum absolute atomic E-state index is 13.2. The van der Waals surface area contributed by atoms with Gasteiger partial charge >= 0.3 is 6.18 Å². The molecule has 0 unspecified atom stereocenters. The number of nitro benzene ring substituents is 1. The first-order valence-electron chi connectivity index (χ1n) is 7.11. The van der Waals surface area contributed by atoms with E-state index < -0.39 is 16.8 Å². The minimum atomic E-state index is -4.64. The van der Waals surface area contributed by atoms with Gasteiger partial charge in [-0.2, -0.15) is 13.2 Å². The molecular formula is C17H10F3N3O2. The Morgan fingerprint density at radius 2 is 1.52 bits per heavy atom. The Morgan fingerprint density at radius 3 is 2.08 bits per heavy atom. The molecule has 0 amide bonds. The Balaban J connectivity index is 2.14. The maximum atomic E-state index is 13.2. The van der Waals surface area contributed by atoms with Gasteiger partial charge in [-0.1, -0.05) is 30.3 Å². The molecule has 5 nitrogen and oxygen atoms in total. The van der Waals surface area contributed by atoms with Crippen LogP contribution in [-0.2, 0) is 6.18 Å². The molecule has 8 heteroatoms. The first kappa shape index (κ1) is 16.6. The Morgan fingerprint density at radius 1 is 0.880 bits per heavy atom. The van der Waals surface area contributed by atoms with Crippen LogP contribution in [0.25, 0.3) is 22.6 Å². The summed E-state index contributed by atoms with van der Waals surface area (Å²) in [7, 11) is 0. The Hall–Kier alpha value is -3.29. The summed E-state index contributed by atoms with van der Waals surface area (Å²) in [5, 5.41) is 10.7. The van der Waals surface area contributed by atoms with E-state index in [9.17, 15) is 23.3 Å². The summed E-state index contributed by atoms with van der Waals surface area (Å²) in [5.74, 6) is -0.0659. The van der Waals surface area contributed by atoms with Gasteiger partial charge in [0.25, 0.3) is 5.69 Å². The number of alkyl halides is 3. The van der Waals surface area contributed by atoms with Crippen molar-refractivity contribution in [2.45, 2.75) is 6.18 Å². The fourth-order valence-corrected chi connectivity index (χ4v) is 2.21. The van der Waals surface area contributed by atoms with Gasteiger partial charge in [-0.25, -0.2) is 9.97 Å². The lowest BCUT2D eigenvalue weighted by molar-refractivity contribution is -0.384. The smallest absolute Gasteiger partial charge is 0.258 e. The number of benzene rings is 2. The van der Waals surface area contributed by atoms with E-state index in [-0.39, 0.29) is 17.2 Å². The molecule has 0 fully saturated rings. The molecule has 3 aromatic rings. The topological polar surface area (TPSA) is 68.9 Å². The van der Waals surface area contributed by atoms with Crippen LogP contribution in [0.2, 0.25) is 0 Å². The molecule has 0 aliphatic rings. The second kappa shape index (κ2) is 6.31. The standard InChI is InChI=1S/C17H10F3N3O2/c18-17(19,20)15-10-14(11-6-8-13(9-7-11)23(24)25)21-16(22-15)12-4-2-1-3-5-12/h1-10H. The van der Waals surface area contributed by atoms with E-state index >= 15 is 0 Å². The van der Waals surface area contributed by atoms with Crippen molar-refractivity contribution in [1.29, 1.82) is 0 Å². The Bertz CT molecular complexity index is 911. The predicted octanol–water partition coefficient (Wildman–Crippen LogP) is 4.74. The van der Waals surface area contributed by atoms with Crippen molar-refractivity contribution in [3.8, 4) is 22.6 Å². The fraction of sp³-hybridized carbons (Fsp3) is 0.0588. The van der Waals surface area contributed by atoms with Crippen LogP contribution in [0.15, 0.2) is 60.7 Å². The van der Waals surface area contributed by atoms with Gasteiger partial charge in [0, 0.05) is 23.3 Å². The van der Waals surface area contributed by atoms with Gasteiger partial charge in [-0.05, 0) is 18.2 Å². The molecule has 1 heterocycles. The van der Waals surface area contributed by atoms with E-state index in [0.717, 1.165) is 6.07 Å². The third kappa shape index (κ3) is 3.63. The van der Waals surface area contributed by atoms with E-state index in [1.807, 2.05) is 0 Å². The van der Waals surface area contributed by atoms with E-state index in [1.54, 1.807) is 30.3 Å². The maximum Gasteiger partial charge on any atom is 0.433 e. The second-order valence-electron chi connectivity index (χ2n) is 5.13. The molecule has 126 valence electrons. The van der Waals surface area contributed by atoms with Crippen LogP contribution in [0.1, 0.15) is 5.69 Å². The Labute approximate surface area is 139 Å². The van der Waals surface area contributed by atoms with Crippen molar-refractivity contribution in [2.75, 3.05) is 0 Å². The van der Waals surface area contributed by atoms with Crippen LogP contribution in [0.5, 0.6) is 0 Å². The number of aromatic nitrogens is 2. The van der Waals surface area contributed by atoms with E-state index in [2.05, 4.69) is 9.97 Å². The van der Waals surface area contributed by atoms with Gasteiger partial charge in [0.15, 0.2) is 5.82 Å². The quantitative estimate of drug-likeness (QED) is 0.508. The predicted molar refractivity (Wildman–Crippen MR) is 84.6 cm³/mol. The minimum Gasteiger partial charge on any atom is -0.258 e. The summed E-state index contributed by atoms with van der Waals surface area (Å²) in [6, 6.07) is 14.3. The molecule has 0 aliphatic heterocycles. The van der Waals surface area contributed by atoms with Crippen LogP contribution >= 0.6 is 0 Å². The third-order valence-electron chi connectivity index (χ3n) is 3.42. The minimum absolute atomic E-state index is 0.0380. The fourth-order valence-electron chi connectivity index (χ4n) is 2.21. The number of hydrogen-bond acceptors (Lipinski definition) is 4. The normalized spacial score (nSPS) is 11.3. The summed E-state index contributed by atoms with van der Waals surface area (Å²) < 4.78 is 39.5. The summed E-state index contributed by atoms with van der Waals surface area (Å²) in [4.78, 5) is 17.9. The van der Waals surface area contributed by atoms with Gasteiger partial charge in [0.2, 0.25) is 0 Å². The number of nitro groups is 1. The molecule has 3 rings (SSSR count). The highest BCUT2D eigenvalue weighted by Crippen LogP contribution is 2.32. The van der Waals surface area contributed by atoms with E-state index in [1.165, 1.54) is 24.3 Å². The van der Waals surface area contributed by atoms with Crippen molar-refractivity contribution >= 4 is 5.69 Å². The third-order valence-corrected chi connectivity index (χ3v) is 3.42. The molecule has 0 aliphatic carbocycles. The highest BCUT2D eigenvalue weighted by Gasteiger charge is 2.34. The first-order chi connectivity index (χ1) is 11.8. The van der Waals surface area contributed by atoms with Gasteiger partial charge in [0.05, 0.1) is 10.6 Å². The molecule has 0 N–H and O–H groups in total. The lowest BCUT2D eigenvalue weighted by Crippen LogP contribution is -2.10. The molecule has 25 heavy (non-hydrogen) atoms. The van der Waals surface area contributed by atoms with Gasteiger partial charge in [0.1, 0.15) is 5.69 Å².